The predicted molar refractivity (Wildman–Crippen MR) is 92.0 cm³/mol. The van der Waals surface area contributed by atoms with E-state index in [-0.39, 0.29) is 29.3 Å². The van der Waals surface area contributed by atoms with Crippen LogP contribution in [0.3, 0.4) is 0 Å². The lowest BCUT2D eigenvalue weighted by atomic mass is 9.78. The van der Waals surface area contributed by atoms with Gasteiger partial charge in [0.2, 0.25) is 0 Å². The van der Waals surface area contributed by atoms with Gasteiger partial charge in [-0.25, -0.2) is 0 Å². The van der Waals surface area contributed by atoms with E-state index < -0.39 is 0 Å². The van der Waals surface area contributed by atoms with Crippen LogP contribution in [-0.2, 0) is 20.4 Å². The maximum Gasteiger partial charge on any atom is 0.307 e. The molecule has 0 amide bonds. The zero-order valence-corrected chi connectivity index (χ0v) is 15.1. The van der Waals surface area contributed by atoms with Crippen LogP contribution in [0.15, 0.2) is 18.2 Å². The highest BCUT2D eigenvalue weighted by atomic mass is 16.5. The molecule has 0 radical (unpaired) electrons. The number of hydrogen-bond donors (Lipinski definition) is 1. The molecule has 0 heterocycles. The summed E-state index contributed by atoms with van der Waals surface area (Å²) in [5.41, 5.74) is 9.83. The summed E-state index contributed by atoms with van der Waals surface area (Å²) < 4.78 is 5.01. The van der Waals surface area contributed by atoms with Crippen LogP contribution < -0.4 is 5.73 Å². The van der Waals surface area contributed by atoms with Crippen molar-refractivity contribution in [2.75, 3.05) is 6.61 Å². The van der Waals surface area contributed by atoms with E-state index >= 15 is 0 Å². The van der Waals surface area contributed by atoms with Gasteiger partial charge in [0.05, 0.1) is 13.0 Å². The van der Waals surface area contributed by atoms with E-state index in [9.17, 15) is 4.79 Å². The molecule has 3 nitrogen and oxygen atoms in total. The Morgan fingerprint density at radius 2 is 1.50 bits per heavy atom. The molecule has 2 N–H and O–H groups in total. The van der Waals surface area contributed by atoms with Gasteiger partial charge in [0.15, 0.2) is 0 Å². The maximum atomic E-state index is 11.7. The second-order valence-corrected chi connectivity index (χ2v) is 7.96. The molecule has 0 bridgehead atoms. The van der Waals surface area contributed by atoms with Crippen LogP contribution in [0.1, 0.15) is 77.6 Å². The summed E-state index contributed by atoms with van der Waals surface area (Å²) in [7, 11) is 0. The Bertz CT molecular complexity index is 489. The minimum atomic E-state index is -0.331. The Labute approximate surface area is 135 Å². The minimum Gasteiger partial charge on any atom is -0.466 e. The smallest absolute Gasteiger partial charge is 0.307 e. The van der Waals surface area contributed by atoms with Crippen molar-refractivity contribution >= 4 is 5.97 Å². The van der Waals surface area contributed by atoms with Crippen molar-refractivity contribution in [1.29, 1.82) is 0 Å². The van der Waals surface area contributed by atoms with Crippen molar-refractivity contribution in [3.05, 3.63) is 34.9 Å². The Hall–Kier alpha value is -1.35. The Kier molecular flexibility index (Phi) is 5.80. The number of rotatable bonds is 4. The van der Waals surface area contributed by atoms with E-state index in [0.29, 0.717) is 6.61 Å². The first-order chi connectivity index (χ1) is 9.95. The van der Waals surface area contributed by atoms with Gasteiger partial charge in [-0.1, -0.05) is 59.7 Å². The van der Waals surface area contributed by atoms with Crippen LogP contribution >= 0.6 is 0 Å². The van der Waals surface area contributed by atoms with E-state index in [1.807, 2.05) is 0 Å². The van der Waals surface area contributed by atoms with Crippen LogP contribution in [0.2, 0.25) is 0 Å². The summed E-state index contributed by atoms with van der Waals surface area (Å²) in [4.78, 5) is 11.7. The molecule has 3 heteroatoms. The van der Waals surface area contributed by atoms with Crippen molar-refractivity contribution in [1.82, 2.24) is 0 Å². The molecule has 0 saturated carbocycles. The van der Waals surface area contributed by atoms with Crippen LogP contribution in [0.5, 0.6) is 0 Å². The molecule has 1 aromatic carbocycles. The van der Waals surface area contributed by atoms with Gasteiger partial charge in [0.1, 0.15) is 0 Å². The highest BCUT2D eigenvalue weighted by Gasteiger charge is 2.22. The zero-order valence-electron chi connectivity index (χ0n) is 15.1. The van der Waals surface area contributed by atoms with E-state index in [0.717, 1.165) is 5.56 Å². The van der Waals surface area contributed by atoms with Gasteiger partial charge in [0.25, 0.3) is 0 Å². The highest BCUT2D eigenvalue weighted by Crippen LogP contribution is 2.32. The monoisotopic (exact) mass is 305 g/mol. The van der Waals surface area contributed by atoms with Crippen LogP contribution in [0.25, 0.3) is 0 Å². The third kappa shape index (κ3) is 5.13. The number of hydrogen-bond acceptors (Lipinski definition) is 3. The van der Waals surface area contributed by atoms with Gasteiger partial charge in [-0.2, -0.15) is 0 Å². The SMILES string of the molecule is CCOC(=O)CC(N)c1cc(C(C)(C)C)cc(C(C)(C)C)c1. The van der Waals surface area contributed by atoms with Gasteiger partial charge in [-0.05, 0) is 34.4 Å². The lowest BCUT2D eigenvalue weighted by Crippen LogP contribution is -2.21. The average molecular weight is 305 g/mol. The second-order valence-electron chi connectivity index (χ2n) is 7.96. The van der Waals surface area contributed by atoms with E-state index in [4.69, 9.17) is 10.5 Å². The molecule has 1 aromatic rings. The van der Waals surface area contributed by atoms with Crippen molar-refractivity contribution in [2.24, 2.45) is 5.73 Å². The summed E-state index contributed by atoms with van der Waals surface area (Å²) >= 11 is 0. The third-order valence-corrected chi connectivity index (χ3v) is 3.81. The number of esters is 1. The lowest BCUT2D eigenvalue weighted by molar-refractivity contribution is -0.143. The summed E-state index contributed by atoms with van der Waals surface area (Å²) in [6.45, 7) is 15.3. The molecule has 0 aliphatic heterocycles. The van der Waals surface area contributed by atoms with Crippen LogP contribution in [0.4, 0.5) is 0 Å². The summed E-state index contributed by atoms with van der Waals surface area (Å²) in [6.07, 6.45) is 0.213. The zero-order chi connectivity index (χ0) is 17.1. The molecule has 0 spiro atoms. The standard InChI is InChI=1S/C19H31NO2/c1-8-22-17(21)12-16(20)13-9-14(18(2,3)4)11-15(10-13)19(5,6)7/h9-11,16H,8,12,20H2,1-7H3. The number of carbonyl (C=O) groups is 1. The molecule has 124 valence electrons. The van der Waals surface area contributed by atoms with Gasteiger partial charge in [-0.15, -0.1) is 0 Å². The second kappa shape index (κ2) is 6.82. The van der Waals surface area contributed by atoms with Crippen LogP contribution in [-0.4, -0.2) is 12.6 Å². The molecule has 0 fully saturated rings. The maximum absolute atomic E-state index is 11.7. The molecular weight excluding hydrogens is 274 g/mol. The van der Waals surface area contributed by atoms with Gasteiger partial charge < -0.3 is 10.5 Å². The fourth-order valence-corrected chi connectivity index (χ4v) is 2.25. The number of ether oxygens (including phenoxy) is 1. The molecule has 0 aliphatic rings. The Morgan fingerprint density at radius 3 is 1.86 bits per heavy atom. The number of nitrogens with two attached hydrogens (primary N) is 1. The van der Waals surface area contributed by atoms with Crippen molar-refractivity contribution in [3.8, 4) is 0 Å². The molecular formula is C19H31NO2. The third-order valence-electron chi connectivity index (χ3n) is 3.81. The van der Waals surface area contributed by atoms with E-state index in [2.05, 4.69) is 59.7 Å². The first-order valence-corrected chi connectivity index (χ1v) is 8.02. The fraction of sp³-hybridized carbons (Fsp3) is 0.632. The quantitative estimate of drug-likeness (QED) is 0.847. The van der Waals surface area contributed by atoms with E-state index in [1.54, 1.807) is 6.92 Å². The normalized spacial score (nSPS) is 13.8. The van der Waals surface area contributed by atoms with E-state index in [1.165, 1.54) is 11.1 Å². The average Bonchev–Trinajstić information content (AvgIpc) is 2.36. The van der Waals surface area contributed by atoms with Crippen molar-refractivity contribution < 1.29 is 9.53 Å². The topological polar surface area (TPSA) is 52.3 Å². The van der Waals surface area contributed by atoms with Crippen LogP contribution in [0, 0.1) is 0 Å². The van der Waals surface area contributed by atoms with Gasteiger partial charge in [0, 0.05) is 6.04 Å². The summed E-state index contributed by atoms with van der Waals surface area (Å²) in [5, 5.41) is 0. The number of benzene rings is 1. The van der Waals surface area contributed by atoms with Crippen molar-refractivity contribution in [2.45, 2.75) is 71.8 Å². The molecule has 0 aromatic heterocycles. The highest BCUT2D eigenvalue weighted by molar-refractivity contribution is 5.70. The van der Waals surface area contributed by atoms with Gasteiger partial charge >= 0.3 is 5.97 Å². The number of carbonyl (C=O) groups excluding carboxylic acids is 1. The Balaban J connectivity index is 3.21. The molecule has 1 rings (SSSR count). The summed E-state index contributed by atoms with van der Waals surface area (Å²) in [5.74, 6) is -0.242. The first kappa shape index (κ1) is 18.7. The molecule has 1 atom stereocenters. The predicted octanol–water partition coefficient (Wildman–Crippen LogP) is 4.23. The summed E-state index contributed by atoms with van der Waals surface area (Å²) in [6, 6.07) is 6.17. The fourth-order valence-electron chi connectivity index (χ4n) is 2.25. The first-order valence-electron chi connectivity index (χ1n) is 8.02. The molecule has 0 saturated heterocycles. The Morgan fingerprint density at radius 1 is 1.05 bits per heavy atom. The minimum absolute atomic E-state index is 0.0413. The van der Waals surface area contributed by atoms with Gasteiger partial charge in [-0.3, -0.25) is 4.79 Å². The lowest BCUT2D eigenvalue weighted by Gasteiger charge is -2.27. The largest absolute Gasteiger partial charge is 0.466 e. The molecule has 1 unspecified atom stereocenters. The van der Waals surface area contributed by atoms with Crippen molar-refractivity contribution in [3.63, 3.8) is 0 Å². The molecule has 0 aliphatic carbocycles. The molecule has 22 heavy (non-hydrogen) atoms.